The first-order valence-corrected chi connectivity index (χ1v) is 7.91. The summed E-state index contributed by atoms with van der Waals surface area (Å²) >= 11 is 0. The predicted molar refractivity (Wildman–Crippen MR) is 84.6 cm³/mol. The lowest BCUT2D eigenvalue weighted by atomic mass is 9.52. The van der Waals surface area contributed by atoms with E-state index in [1.54, 1.807) is 7.11 Å². The van der Waals surface area contributed by atoms with Crippen molar-refractivity contribution in [1.29, 1.82) is 0 Å². The Bertz CT molecular complexity index is 671. The molecule has 4 atom stereocenters. The lowest BCUT2D eigenvalue weighted by Gasteiger charge is -2.56. The third-order valence-electron chi connectivity index (χ3n) is 6.15. The first-order chi connectivity index (χ1) is 10.5. The Hall–Kier alpha value is -1.52. The summed E-state index contributed by atoms with van der Waals surface area (Å²) in [6.07, 6.45) is 2.12. The molecular weight excluding hydrogens is 278 g/mol. The van der Waals surface area contributed by atoms with Crippen LogP contribution in [-0.2, 0) is 11.8 Å². The number of benzene rings is 1. The van der Waals surface area contributed by atoms with Gasteiger partial charge < -0.3 is 19.9 Å². The molecular formula is C18H23NO3. The monoisotopic (exact) mass is 301 g/mol. The maximum absolute atomic E-state index is 11.6. The number of methoxy groups -OCH3 is 1. The molecule has 1 aliphatic heterocycles. The minimum Gasteiger partial charge on any atom is -0.493 e. The van der Waals surface area contributed by atoms with E-state index in [2.05, 4.69) is 24.9 Å². The second-order valence-corrected chi connectivity index (χ2v) is 6.96. The molecule has 0 bridgehead atoms. The van der Waals surface area contributed by atoms with Crippen molar-refractivity contribution in [2.24, 2.45) is 0 Å². The highest BCUT2D eigenvalue weighted by Crippen LogP contribution is 2.62. The van der Waals surface area contributed by atoms with Gasteiger partial charge in [0.1, 0.15) is 6.10 Å². The maximum atomic E-state index is 11.6. The van der Waals surface area contributed by atoms with Crippen LogP contribution in [0.1, 0.15) is 30.9 Å². The molecule has 22 heavy (non-hydrogen) atoms. The van der Waals surface area contributed by atoms with E-state index in [1.807, 2.05) is 13.1 Å². The van der Waals surface area contributed by atoms with Crippen molar-refractivity contribution in [1.82, 2.24) is 5.32 Å². The number of hydrogen-bond acceptors (Lipinski definition) is 4. The van der Waals surface area contributed by atoms with Gasteiger partial charge in [-0.3, -0.25) is 0 Å². The number of aliphatic hydroxyl groups is 1. The maximum Gasteiger partial charge on any atom is 0.166 e. The van der Waals surface area contributed by atoms with Gasteiger partial charge in [-0.2, -0.15) is 0 Å². The van der Waals surface area contributed by atoms with Gasteiger partial charge in [-0.15, -0.1) is 0 Å². The average molecular weight is 301 g/mol. The molecule has 4 rings (SSSR count). The molecule has 118 valence electrons. The summed E-state index contributed by atoms with van der Waals surface area (Å²) in [5, 5.41) is 14.9. The van der Waals surface area contributed by atoms with Gasteiger partial charge in [0.2, 0.25) is 0 Å². The number of nitrogens with one attached hydrogen (secondary N) is 1. The van der Waals surface area contributed by atoms with E-state index in [0.717, 1.165) is 35.5 Å². The Morgan fingerprint density at radius 1 is 1.45 bits per heavy atom. The van der Waals surface area contributed by atoms with E-state index < -0.39 is 11.0 Å². The first-order valence-electron chi connectivity index (χ1n) is 7.91. The van der Waals surface area contributed by atoms with Crippen molar-refractivity contribution >= 4 is 0 Å². The van der Waals surface area contributed by atoms with Gasteiger partial charge in [0.15, 0.2) is 11.5 Å². The van der Waals surface area contributed by atoms with Crippen molar-refractivity contribution in [2.75, 3.05) is 14.2 Å². The molecule has 1 aromatic carbocycles. The van der Waals surface area contributed by atoms with Gasteiger partial charge in [-0.25, -0.2) is 0 Å². The molecule has 0 unspecified atom stereocenters. The zero-order valence-corrected chi connectivity index (χ0v) is 13.4. The van der Waals surface area contributed by atoms with E-state index in [0.29, 0.717) is 6.42 Å². The number of ether oxygens (including phenoxy) is 2. The number of rotatable bonds is 2. The second-order valence-electron chi connectivity index (χ2n) is 6.96. The van der Waals surface area contributed by atoms with E-state index in [9.17, 15) is 5.11 Å². The Morgan fingerprint density at radius 3 is 2.91 bits per heavy atom. The lowest BCUT2D eigenvalue weighted by molar-refractivity contribution is -0.108. The van der Waals surface area contributed by atoms with Gasteiger partial charge in [0, 0.05) is 11.6 Å². The highest BCUT2D eigenvalue weighted by Gasteiger charge is 2.67. The van der Waals surface area contributed by atoms with Crippen molar-refractivity contribution in [3.05, 3.63) is 35.4 Å². The van der Waals surface area contributed by atoms with E-state index in [4.69, 9.17) is 9.47 Å². The summed E-state index contributed by atoms with van der Waals surface area (Å²) in [5.41, 5.74) is 2.10. The highest BCUT2D eigenvalue weighted by molar-refractivity contribution is 5.63. The zero-order chi connectivity index (χ0) is 15.7. The summed E-state index contributed by atoms with van der Waals surface area (Å²) in [6.45, 7) is 6.34. The Balaban J connectivity index is 2.03. The summed E-state index contributed by atoms with van der Waals surface area (Å²) in [4.78, 5) is 0. The highest BCUT2D eigenvalue weighted by atomic mass is 16.5. The standard InChI is InChI=1S/C18H23NO3/c1-10-7-8-18(20)13(19-3)9-11-5-6-12(21-4)15-14(11)17(18,2)16(10)22-15/h5-6,13,16,19-20H,1,7-9H2,2-4H3/t13-,16+,17+,18-/m0/s1. The summed E-state index contributed by atoms with van der Waals surface area (Å²) in [7, 11) is 3.59. The van der Waals surface area contributed by atoms with Crippen LogP contribution < -0.4 is 14.8 Å². The van der Waals surface area contributed by atoms with Gasteiger partial charge in [0.25, 0.3) is 0 Å². The molecule has 0 amide bonds. The quantitative estimate of drug-likeness (QED) is 0.820. The van der Waals surface area contributed by atoms with Crippen LogP contribution in [0.3, 0.4) is 0 Å². The number of likely N-dealkylation sites (N-methyl/N-ethyl adjacent to an activating group) is 1. The third kappa shape index (κ3) is 1.36. The van der Waals surface area contributed by atoms with Gasteiger partial charge in [-0.1, -0.05) is 12.6 Å². The van der Waals surface area contributed by atoms with Crippen molar-refractivity contribution in [2.45, 2.75) is 49.3 Å². The molecule has 1 aromatic rings. The molecule has 1 heterocycles. The molecule has 1 saturated carbocycles. The topological polar surface area (TPSA) is 50.7 Å². The molecule has 4 nitrogen and oxygen atoms in total. The molecule has 3 aliphatic rings. The fourth-order valence-corrected chi connectivity index (χ4v) is 4.93. The van der Waals surface area contributed by atoms with Crippen LogP contribution in [0.15, 0.2) is 24.3 Å². The van der Waals surface area contributed by atoms with Crippen molar-refractivity contribution < 1.29 is 14.6 Å². The van der Waals surface area contributed by atoms with Crippen LogP contribution in [0.2, 0.25) is 0 Å². The molecule has 0 saturated heterocycles. The molecule has 0 spiro atoms. The minimum absolute atomic E-state index is 0.0172. The Labute approximate surface area is 131 Å². The largest absolute Gasteiger partial charge is 0.493 e. The fraction of sp³-hybridized carbons (Fsp3) is 0.556. The Kier molecular flexibility index (Phi) is 2.73. The van der Waals surface area contributed by atoms with Crippen molar-refractivity contribution in [3.8, 4) is 11.5 Å². The summed E-state index contributed by atoms with van der Waals surface area (Å²) in [6, 6.07) is 4.09. The van der Waals surface area contributed by atoms with Crippen LogP contribution in [0.5, 0.6) is 11.5 Å². The van der Waals surface area contributed by atoms with Crippen LogP contribution in [0, 0.1) is 0 Å². The molecule has 2 aliphatic carbocycles. The average Bonchev–Trinajstić information content (AvgIpc) is 2.85. The molecule has 4 heteroatoms. The van der Waals surface area contributed by atoms with E-state index in [1.165, 1.54) is 5.56 Å². The third-order valence-corrected chi connectivity index (χ3v) is 6.15. The lowest BCUT2D eigenvalue weighted by Crippen LogP contribution is -2.69. The van der Waals surface area contributed by atoms with Gasteiger partial charge >= 0.3 is 0 Å². The minimum atomic E-state index is -0.835. The van der Waals surface area contributed by atoms with Gasteiger partial charge in [0.05, 0.1) is 18.1 Å². The Morgan fingerprint density at radius 2 is 2.23 bits per heavy atom. The van der Waals surface area contributed by atoms with Crippen molar-refractivity contribution in [3.63, 3.8) is 0 Å². The zero-order valence-electron chi connectivity index (χ0n) is 13.4. The van der Waals surface area contributed by atoms with Crippen LogP contribution >= 0.6 is 0 Å². The van der Waals surface area contributed by atoms with Crippen LogP contribution in [-0.4, -0.2) is 37.0 Å². The fourth-order valence-electron chi connectivity index (χ4n) is 4.93. The summed E-state index contributed by atoms with van der Waals surface area (Å²) < 4.78 is 11.8. The van der Waals surface area contributed by atoms with E-state index in [-0.39, 0.29) is 12.1 Å². The SMILES string of the molecule is C=C1CC[C@]2(O)[C@@H](NC)Cc3ccc(OC)c4c3[C@]2(C)[C@@H]1O4. The van der Waals surface area contributed by atoms with Gasteiger partial charge in [-0.05, 0) is 50.4 Å². The molecule has 2 N–H and O–H groups in total. The molecule has 0 aromatic heterocycles. The predicted octanol–water partition coefficient (Wildman–Crippen LogP) is 1.94. The second kappa shape index (κ2) is 4.27. The normalized spacial score (nSPS) is 38.5. The summed E-state index contributed by atoms with van der Waals surface area (Å²) in [5.74, 6) is 1.54. The van der Waals surface area contributed by atoms with E-state index >= 15 is 0 Å². The molecule has 0 radical (unpaired) electrons. The van der Waals surface area contributed by atoms with Crippen LogP contribution in [0.4, 0.5) is 0 Å². The molecule has 1 fully saturated rings. The van der Waals surface area contributed by atoms with Crippen LogP contribution in [0.25, 0.3) is 0 Å². The smallest absolute Gasteiger partial charge is 0.166 e. The first kappa shape index (κ1) is 14.1. The number of hydrogen-bond donors (Lipinski definition) is 2.